The number of hydrogen-bond acceptors (Lipinski definition) is 3. The van der Waals surface area contributed by atoms with E-state index < -0.39 is 0 Å². The van der Waals surface area contributed by atoms with E-state index in [1.165, 1.54) is 0 Å². The Balaban J connectivity index is 1.60. The number of carbonyl (C=O) groups excluding carboxylic acids is 1. The molecule has 2 aliphatic heterocycles. The molecule has 0 N–H and O–H groups in total. The van der Waals surface area contributed by atoms with E-state index in [1.807, 2.05) is 29.2 Å². The van der Waals surface area contributed by atoms with E-state index in [2.05, 4.69) is 0 Å². The Hall–Kier alpha value is -2.20. The second-order valence-corrected chi connectivity index (χ2v) is 6.21. The lowest BCUT2D eigenvalue weighted by Gasteiger charge is -2.25. The van der Waals surface area contributed by atoms with Gasteiger partial charge in [0.05, 0.1) is 6.04 Å². The van der Waals surface area contributed by atoms with Crippen LogP contribution in [0.15, 0.2) is 42.5 Å². The molecule has 4 rings (SSSR count). The molecule has 2 aromatic carbocycles. The number of amides is 1. The molecule has 1 fully saturated rings. The van der Waals surface area contributed by atoms with Crippen molar-refractivity contribution in [1.29, 1.82) is 0 Å². The van der Waals surface area contributed by atoms with Gasteiger partial charge < -0.3 is 14.4 Å². The second kappa shape index (κ2) is 5.78. The summed E-state index contributed by atoms with van der Waals surface area (Å²) in [6.45, 7) is 0.977. The number of hydrogen-bond donors (Lipinski definition) is 0. The minimum Gasteiger partial charge on any atom is -0.454 e. The Bertz CT molecular complexity index is 744. The van der Waals surface area contributed by atoms with Crippen LogP contribution in [-0.2, 0) is 0 Å². The quantitative estimate of drug-likeness (QED) is 0.834. The van der Waals surface area contributed by atoms with E-state index in [0.717, 1.165) is 24.9 Å². The maximum absolute atomic E-state index is 12.9. The average Bonchev–Trinajstić information content (AvgIpc) is 3.23. The molecule has 0 aromatic heterocycles. The molecule has 0 radical (unpaired) electrons. The van der Waals surface area contributed by atoms with Crippen molar-refractivity contribution in [2.45, 2.75) is 18.9 Å². The van der Waals surface area contributed by atoms with Gasteiger partial charge in [-0.25, -0.2) is 0 Å². The maximum Gasteiger partial charge on any atom is 0.254 e. The summed E-state index contributed by atoms with van der Waals surface area (Å²) in [7, 11) is 0. The first-order chi connectivity index (χ1) is 11.2. The standard InChI is InChI=1S/C18H16ClNO3/c19-14-6-3-12(4-7-14)15-2-1-9-20(15)18(21)13-5-8-16-17(10-13)23-11-22-16/h3-8,10,15H,1-2,9,11H2/t15-/m0/s1. The molecule has 0 bridgehead atoms. The molecule has 1 saturated heterocycles. The van der Waals surface area contributed by atoms with Crippen LogP contribution in [0, 0.1) is 0 Å². The van der Waals surface area contributed by atoms with Crippen molar-refractivity contribution in [1.82, 2.24) is 4.90 Å². The highest BCUT2D eigenvalue weighted by Gasteiger charge is 2.31. The van der Waals surface area contributed by atoms with Crippen molar-refractivity contribution in [2.24, 2.45) is 0 Å². The first kappa shape index (κ1) is 14.4. The van der Waals surface area contributed by atoms with E-state index in [4.69, 9.17) is 21.1 Å². The highest BCUT2D eigenvalue weighted by atomic mass is 35.5. The summed E-state index contributed by atoms with van der Waals surface area (Å²) in [5.41, 5.74) is 1.76. The van der Waals surface area contributed by atoms with Crippen LogP contribution in [0.2, 0.25) is 5.02 Å². The Morgan fingerprint density at radius 1 is 1.09 bits per heavy atom. The molecule has 4 nitrogen and oxygen atoms in total. The summed E-state index contributed by atoms with van der Waals surface area (Å²) in [5, 5.41) is 0.709. The molecule has 118 valence electrons. The molecule has 5 heteroatoms. The van der Waals surface area contributed by atoms with Crippen LogP contribution in [-0.4, -0.2) is 24.1 Å². The molecule has 0 unspecified atom stereocenters. The summed E-state index contributed by atoms with van der Waals surface area (Å²) >= 11 is 5.96. The van der Waals surface area contributed by atoms with E-state index in [1.54, 1.807) is 18.2 Å². The number of benzene rings is 2. The fourth-order valence-electron chi connectivity index (χ4n) is 3.24. The normalized spacial score (nSPS) is 19.2. The van der Waals surface area contributed by atoms with Crippen LogP contribution in [0.3, 0.4) is 0 Å². The zero-order valence-electron chi connectivity index (χ0n) is 12.5. The Morgan fingerprint density at radius 3 is 2.70 bits per heavy atom. The number of carbonyl (C=O) groups is 1. The minimum atomic E-state index is 0.0285. The first-order valence-corrected chi connectivity index (χ1v) is 8.06. The van der Waals surface area contributed by atoms with Crippen LogP contribution in [0.4, 0.5) is 0 Å². The van der Waals surface area contributed by atoms with Gasteiger partial charge in [0, 0.05) is 17.1 Å². The molecule has 2 heterocycles. The van der Waals surface area contributed by atoms with Crippen LogP contribution in [0.5, 0.6) is 11.5 Å². The van der Waals surface area contributed by atoms with Crippen molar-refractivity contribution in [3.63, 3.8) is 0 Å². The van der Waals surface area contributed by atoms with Gasteiger partial charge in [0.25, 0.3) is 5.91 Å². The third-order valence-corrected chi connectivity index (χ3v) is 4.64. The third-order valence-electron chi connectivity index (χ3n) is 4.39. The van der Waals surface area contributed by atoms with Crippen LogP contribution < -0.4 is 9.47 Å². The average molecular weight is 330 g/mol. The van der Waals surface area contributed by atoms with E-state index in [9.17, 15) is 4.79 Å². The number of halogens is 1. The number of fused-ring (bicyclic) bond motifs is 1. The number of rotatable bonds is 2. The summed E-state index contributed by atoms with van der Waals surface area (Å²) in [6.07, 6.45) is 1.97. The van der Waals surface area contributed by atoms with Crippen LogP contribution in [0.25, 0.3) is 0 Å². The lowest BCUT2D eigenvalue weighted by Crippen LogP contribution is -2.30. The smallest absolute Gasteiger partial charge is 0.254 e. The fourth-order valence-corrected chi connectivity index (χ4v) is 3.36. The molecule has 2 aliphatic rings. The van der Waals surface area contributed by atoms with E-state index >= 15 is 0 Å². The first-order valence-electron chi connectivity index (χ1n) is 7.68. The highest BCUT2D eigenvalue weighted by Crippen LogP contribution is 2.36. The predicted molar refractivity (Wildman–Crippen MR) is 87.0 cm³/mol. The van der Waals surface area contributed by atoms with Crippen molar-refractivity contribution in [3.05, 3.63) is 58.6 Å². The minimum absolute atomic E-state index is 0.0285. The number of ether oxygens (including phenoxy) is 2. The molecule has 1 amide bonds. The van der Waals surface area contributed by atoms with E-state index in [0.29, 0.717) is 22.1 Å². The second-order valence-electron chi connectivity index (χ2n) is 5.78. The van der Waals surface area contributed by atoms with Crippen LogP contribution in [0.1, 0.15) is 34.8 Å². The predicted octanol–water partition coefficient (Wildman–Crippen LogP) is 4.05. The van der Waals surface area contributed by atoms with Gasteiger partial charge in [-0.05, 0) is 48.7 Å². The lowest BCUT2D eigenvalue weighted by atomic mass is 10.0. The molecule has 1 atom stereocenters. The van der Waals surface area contributed by atoms with Crippen LogP contribution >= 0.6 is 11.6 Å². The molecule has 0 aliphatic carbocycles. The van der Waals surface area contributed by atoms with Crippen molar-refractivity contribution >= 4 is 17.5 Å². The SMILES string of the molecule is O=C(c1ccc2c(c1)OCO2)N1CCC[C@H]1c1ccc(Cl)cc1. The Kier molecular flexibility index (Phi) is 3.62. The summed E-state index contributed by atoms with van der Waals surface area (Å²) < 4.78 is 10.7. The largest absolute Gasteiger partial charge is 0.454 e. The Morgan fingerprint density at radius 2 is 1.87 bits per heavy atom. The van der Waals surface area contributed by atoms with Crippen molar-refractivity contribution in [3.8, 4) is 11.5 Å². The molecular weight excluding hydrogens is 314 g/mol. The van der Waals surface area contributed by atoms with E-state index in [-0.39, 0.29) is 18.7 Å². The molecule has 0 spiro atoms. The van der Waals surface area contributed by atoms with Gasteiger partial charge in [-0.3, -0.25) is 4.79 Å². The van der Waals surface area contributed by atoms with Gasteiger partial charge in [0.1, 0.15) is 0 Å². The van der Waals surface area contributed by atoms with Gasteiger partial charge in [-0.2, -0.15) is 0 Å². The lowest BCUT2D eigenvalue weighted by molar-refractivity contribution is 0.0735. The van der Waals surface area contributed by atoms with Crippen molar-refractivity contribution < 1.29 is 14.3 Å². The Labute approximate surface area is 139 Å². The summed E-state index contributed by atoms with van der Waals surface area (Å²) in [5.74, 6) is 1.36. The zero-order chi connectivity index (χ0) is 15.8. The van der Waals surface area contributed by atoms with Gasteiger partial charge in [0.15, 0.2) is 11.5 Å². The third kappa shape index (κ3) is 2.63. The van der Waals surface area contributed by atoms with Gasteiger partial charge in [-0.1, -0.05) is 23.7 Å². The molecule has 23 heavy (non-hydrogen) atoms. The number of nitrogens with zero attached hydrogens (tertiary/aromatic N) is 1. The highest BCUT2D eigenvalue weighted by molar-refractivity contribution is 6.30. The van der Waals surface area contributed by atoms with Gasteiger partial charge in [-0.15, -0.1) is 0 Å². The molecular formula is C18H16ClNO3. The molecule has 2 aromatic rings. The van der Waals surface area contributed by atoms with Gasteiger partial charge in [0.2, 0.25) is 6.79 Å². The van der Waals surface area contributed by atoms with Crippen molar-refractivity contribution in [2.75, 3.05) is 13.3 Å². The summed E-state index contributed by atoms with van der Waals surface area (Å²) in [6, 6.07) is 13.2. The fraction of sp³-hybridized carbons (Fsp3) is 0.278. The zero-order valence-corrected chi connectivity index (χ0v) is 13.3. The maximum atomic E-state index is 12.9. The summed E-state index contributed by atoms with van der Waals surface area (Å²) in [4.78, 5) is 14.8. The monoisotopic (exact) mass is 329 g/mol. The topological polar surface area (TPSA) is 38.8 Å². The molecule has 0 saturated carbocycles. The number of likely N-dealkylation sites (tertiary alicyclic amines) is 1. The van der Waals surface area contributed by atoms with Gasteiger partial charge >= 0.3 is 0 Å².